The van der Waals surface area contributed by atoms with E-state index in [1.165, 1.54) is 24.3 Å². The molecule has 2 aromatic carbocycles. The van der Waals surface area contributed by atoms with E-state index in [-0.39, 0.29) is 18.1 Å². The predicted molar refractivity (Wildman–Crippen MR) is 79.2 cm³/mol. The fraction of sp³-hybridized carbons (Fsp3) is 0.0667. The van der Waals surface area contributed by atoms with Gasteiger partial charge in [-0.25, -0.2) is 0 Å². The molecule has 0 aliphatic heterocycles. The van der Waals surface area contributed by atoms with Crippen molar-refractivity contribution < 1.29 is 14.5 Å². The summed E-state index contributed by atoms with van der Waals surface area (Å²) in [5.74, 6) is -0.900. The van der Waals surface area contributed by atoms with Gasteiger partial charge in [-0.2, -0.15) is 0 Å². The Bertz CT molecular complexity index is 726. The van der Waals surface area contributed by atoms with Gasteiger partial charge < -0.3 is 11.1 Å². The Morgan fingerprint density at radius 3 is 2.36 bits per heavy atom. The van der Waals surface area contributed by atoms with Crippen molar-refractivity contribution >= 4 is 17.5 Å². The number of hydrogen-bond acceptors (Lipinski definition) is 4. The Hall–Kier alpha value is -3.22. The minimum atomic E-state index is -0.538. The molecule has 0 atom stereocenters. The Balaban J connectivity index is 2.02. The molecule has 0 fully saturated rings. The van der Waals surface area contributed by atoms with E-state index in [1.54, 1.807) is 24.3 Å². The van der Waals surface area contributed by atoms with Crippen molar-refractivity contribution in [3.8, 4) is 0 Å². The number of non-ortho nitro benzene ring substituents is 1. The summed E-state index contributed by atoms with van der Waals surface area (Å²) in [5, 5.41) is 13.2. The van der Waals surface area contributed by atoms with Crippen LogP contribution in [0.1, 0.15) is 26.3 Å². The topological polar surface area (TPSA) is 115 Å². The van der Waals surface area contributed by atoms with E-state index in [0.29, 0.717) is 11.1 Å². The van der Waals surface area contributed by atoms with Gasteiger partial charge >= 0.3 is 0 Å². The second-order valence-corrected chi connectivity index (χ2v) is 4.55. The lowest BCUT2D eigenvalue weighted by Crippen LogP contribution is -2.23. The first-order valence-electron chi connectivity index (χ1n) is 6.39. The molecule has 2 rings (SSSR count). The van der Waals surface area contributed by atoms with Gasteiger partial charge in [0.25, 0.3) is 11.6 Å². The molecule has 22 heavy (non-hydrogen) atoms. The summed E-state index contributed by atoms with van der Waals surface area (Å²) in [6.07, 6.45) is 0. The third-order valence-electron chi connectivity index (χ3n) is 3.00. The fourth-order valence-corrected chi connectivity index (χ4v) is 1.85. The molecule has 0 spiro atoms. The number of nitrogens with two attached hydrogens (primary N) is 1. The molecule has 0 heterocycles. The maximum Gasteiger partial charge on any atom is 0.269 e. The number of carbonyl (C=O) groups excluding carboxylic acids is 2. The summed E-state index contributed by atoms with van der Waals surface area (Å²) in [6, 6.07) is 11.9. The summed E-state index contributed by atoms with van der Waals surface area (Å²) in [4.78, 5) is 33.0. The van der Waals surface area contributed by atoms with E-state index in [0.717, 1.165) is 5.56 Å². The van der Waals surface area contributed by atoms with E-state index < -0.39 is 10.8 Å². The first-order chi connectivity index (χ1) is 10.5. The molecule has 7 nitrogen and oxygen atoms in total. The standard InChI is InChI=1S/C15H13N3O4/c16-14(19)12-3-1-2-10(8-12)9-17-15(20)11-4-6-13(7-5-11)18(21)22/h1-8H,9H2,(H2,16,19)(H,17,20). The smallest absolute Gasteiger partial charge is 0.269 e. The van der Waals surface area contributed by atoms with Gasteiger partial charge in [-0.05, 0) is 29.8 Å². The summed E-state index contributed by atoms with van der Waals surface area (Å²) >= 11 is 0. The van der Waals surface area contributed by atoms with Crippen LogP contribution in [0.4, 0.5) is 5.69 Å². The molecule has 0 saturated heterocycles. The van der Waals surface area contributed by atoms with Crippen molar-refractivity contribution in [1.29, 1.82) is 0 Å². The fourth-order valence-electron chi connectivity index (χ4n) is 1.85. The summed E-state index contributed by atoms with van der Waals surface area (Å²) in [6.45, 7) is 0.219. The monoisotopic (exact) mass is 299 g/mol. The summed E-state index contributed by atoms with van der Waals surface area (Å²) in [7, 11) is 0. The minimum absolute atomic E-state index is 0.0780. The van der Waals surface area contributed by atoms with Gasteiger partial charge in [-0.15, -0.1) is 0 Å². The van der Waals surface area contributed by atoms with E-state index in [9.17, 15) is 19.7 Å². The Morgan fingerprint density at radius 2 is 1.77 bits per heavy atom. The van der Waals surface area contributed by atoms with Crippen molar-refractivity contribution in [2.45, 2.75) is 6.54 Å². The van der Waals surface area contributed by atoms with Gasteiger partial charge in [0.1, 0.15) is 0 Å². The van der Waals surface area contributed by atoms with Crippen LogP contribution in [0.25, 0.3) is 0 Å². The number of benzene rings is 2. The number of primary amides is 1. The quantitative estimate of drug-likeness (QED) is 0.644. The van der Waals surface area contributed by atoms with Crippen LogP contribution in [-0.4, -0.2) is 16.7 Å². The number of nitrogens with zero attached hydrogens (tertiary/aromatic N) is 1. The second kappa shape index (κ2) is 6.49. The van der Waals surface area contributed by atoms with Gasteiger partial charge in [-0.1, -0.05) is 12.1 Å². The molecule has 0 aliphatic rings. The minimum Gasteiger partial charge on any atom is -0.366 e. The lowest BCUT2D eigenvalue weighted by molar-refractivity contribution is -0.384. The average Bonchev–Trinajstić information content (AvgIpc) is 2.53. The molecule has 2 aromatic rings. The molecule has 0 unspecified atom stereocenters. The van der Waals surface area contributed by atoms with Gasteiger partial charge in [0.05, 0.1) is 4.92 Å². The second-order valence-electron chi connectivity index (χ2n) is 4.55. The SMILES string of the molecule is NC(=O)c1cccc(CNC(=O)c2ccc([N+](=O)[O-])cc2)c1. The lowest BCUT2D eigenvalue weighted by Gasteiger charge is -2.06. The first-order valence-corrected chi connectivity index (χ1v) is 6.39. The molecule has 0 bridgehead atoms. The molecule has 2 amide bonds. The van der Waals surface area contributed by atoms with Gasteiger partial charge in [0.15, 0.2) is 0 Å². The molecule has 0 aromatic heterocycles. The number of nitro benzene ring substituents is 1. The number of nitro groups is 1. The molecule has 0 saturated carbocycles. The molecule has 112 valence electrons. The van der Waals surface area contributed by atoms with Gasteiger partial charge in [0.2, 0.25) is 5.91 Å². The number of hydrogen-bond donors (Lipinski definition) is 2. The van der Waals surface area contributed by atoms with Crippen LogP contribution in [0.2, 0.25) is 0 Å². The van der Waals surface area contributed by atoms with Crippen LogP contribution in [-0.2, 0) is 6.54 Å². The van der Waals surface area contributed by atoms with Crippen LogP contribution in [0, 0.1) is 10.1 Å². The van der Waals surface area contributed by atoms with Crippen molar-refractivity contribution in [2.75, 3.05) is 0 Å². The molecule has 7 heteroatoms. The van der Waals surface area contributed by atoms with E-state index in [2.05, 4.69) is 5.32 Å². The largest absolute Gasteiger partial charge is 0.366 e. The zero-order chi connectivity index (χ0) is 16.1. The van der Waals surface area contributed by atoms with E-state index in [1.807, 2.05) is 0 Å². The van der Waals surface area contributed by atoms with Crippen molar-refractivity contribution in [3.05, 3.63) is 75.3 Å². The number of carbonyl (C=O) groups is 2. The molecule has 0 aliphatic carbocycles. The van der Waals surface area contributed by atoms with E-state index in [4.69, 9.17) is 5.73 Å². The summed E-state index contributed by atoms with van der Waals surface area (Å²) in [5.41, 5.74) is 6.52. The highest BCUT2D eigenvalue weighted by atomic mass is 16.6. The van der Waals surface area contributed by atoms with Crippen LogP contribution in [0.3, 0.4) is 0 Å². The predicted octanol–water partition coefficient (Wildman–Crippen LogP) is 1.62. The zero-order valence-electron chi connectivity index (χ0n) is 11.5. The number of nitrogens with one attached hydrogen (secondary N) is 1. The molecular formula is C15H13N3O4. The third-order valence-corrected chi connectivity index (χ3v) is 3.00. The zero-order valence-corrected chi connectivity index (χ0v) is 11.5. The molecular weight excluding hydrogens is 286 g/mol. The normalized spacial score (nSPS) is 10.0. The number of amides is 2. The van der Waals surface area contributed by atoms with Crippen LogP contribution >= 0.6 is 0 Å². The molecule has 3 N–H and O–H groups in total. The highest BCUT2D eigenvalue weighted by Crippen LogP contribution is 2.12. The van der Waals surface area contributed by atoms with Crippen molar-refractivity contribution in [1.82, 2.24) is 5.32 Å². The Kier molecular flexibility index (Phi) is 4.47. The van der Waals surface area contributed by atoms with Crippen LogP contribution < -0.4 is 11.1 Å². The van der Waals surface area contributed by atoms with Crippen LogP contribution in [0.5, 0.6) is 0 Å². The van der Waals surface area contributed by atoms with Crippen molar-refractivity contribution in [3.63, 3.8) is 0 Å². The van der Waals surface area contributed by atoms with E-state index >= 15 is 0 Å². The highest BCUT2D eigenvalue weighted by Gasteiger charge is 2.09. The first kappa shape index (κ1) is 15.2. The maximum atomic E-state index is 11.9. The van der Waals surface area contributed by atoms with Gasteiger partial charge in [0, 0.05) is 29.8 Å². The van der Waals surface area contributed by atoms with Gasteiger partial charge in [-0.3, -0.25) is 19.7 Å². The van der Waals surface area contributed by atoms with Crippen LogP contribution in [0.15, 0.2) is 48.5 Å². The van der Waals surface area contributed by atoms with Crippen molar-refractivity contribution in [2.24, 2.45) is 5.73 Å². The number of rotatable bonds is 5. The Morgan fingerprint density at radius 1 is 1.09 bits per heavy atom. The lowest BCUT2D eigenvalue weighted by atomic mass is 10.1. The maximum absolute atomic E-state index is 11.9. The highest BCUT2D eigenvalue weighted by molar-refractivity contribution is 5.94. The Labute approximate surface area is 125 Å². The average molecular weight is 299 g/mol. The summed E-state index contributed by atoms with van der Waals surface area (Å²) < 4.78 is 0. The molecule has 0 radical (unpaired) electrons. The third kappa shape index (κ3) is 3.66.